The van der Waals surface area contributed by atoms with Crippen LogP contribution >= 0.6 is 0 Å². The third-order valence-electron chi connectivity index (χ3n) is 3.98. The lowest BCUT2D eigenvalue weighted by Gasteiger charge is -2.29. The Morgan fingerprint density at radius 1 is 1.15 bits per heavy atom. The van der Waals surface area contributed by atoms with E-state index >= 15 is 0 Å². The van der Waals surface area contributed by atoms with Crippen LogP contribution in [0.15, 0.2) is 18.2 Å². The second-order valence-electron chi connectivity index (χ2n) is 5.35. The number of hydrogen-bond acceptors (Lipinski definition) is 6. The van der Waals surface area contributed by atoms with Crippen LogP contribution in [-0.4, -0.2) is 52.3 Å². The number of benzene rings is 1. The summed E-state index contributed by atoms with van der Waals surface area (Å²) in [6, 6.07) is 3.99. The molecule has 0 bridgehead atoms. The first kappa shape index (κ1) is 19.2. The summed E-state index contributed by atoms with van der Waals surface area (Å²) < 4.78 is 39.3. The number of halogens is 3. The van der Waals surface area contributed by atoms with Crippen molar-refractivity contribution in [2.24, 2.45) is 0 Å². The Kier molecular flexibility index (Phi) is 4.89. The van der Waals surface area contributed by atoms with Crippen molar-refractivity contribution in [3.05, 3.63) is 29.3 Å². The van der Waals surface area contributed by atoms with Gasteiger partial charge in [-0.05, 0) is 18.2 Å². The number of imide groups is 1. The van der Waals surface area contributed by atoms with Crippen molar-refractivity contribution in [2.45, 2.75) is 11.7 Å². The van der Waals surface area contributed by atoms with Crippen LogP contribution < -0.4 is 4.90 Å². The van der Waals surface area contributed by atoms with E-state index in [-0.39, 0.29) is 0 Å². The molecule has 0 aliphatic carbocycles. The quantitative estimate of drug-likeness (QED) is 0.591. The summed E-state index contributed by atoms with van der Waals surface area (Å²) in [6.45, 7) is -2.74. The maximum Gasteiger partial charge on any atom is 0.417 e. The SMILES string of the molecule is N#CCN1C(=O)N(c2ccc(C#N)c(C(F)(F)F)c2)C(=O)C1(CO)CO. The van der Waals surface area contributed by atoms with Crippen molar-refractivity contribution in [1.29, 1.82) is 10.5 Å². The van der Waals surface area contributed by atoms with Crippen molar-refractivity contribution < 1.29 is 33.0 Å². The standard InChI is InChI=1S/C15H11F3N4O4/c16-15(17,18)11-5-10(2-1-9(11)6-20)22-12(25)14(7-23,8-24)21(4-3-19)13(22)26/h1-2,5,23-24H,4,7-8H2. The molecule has 2 N–H and O–H groups in total. The van der Waals surface area contributed by atoms with Crippen LogP contribution in [0, 0.1) is 22.7 Å². The molecule has 26 heavy (non-hydrogen) atoms. The van der Waals surface area contributed by atoms with Gasteiger partial charge >= 0.3 is 12.2 Å². The molecule has 1 saturated heterocycles. The number of hydrogen-bond donors (Lipinski definition) is 2. The van der Waals surface area contributed by atoms with Crippen LogP contribution in [0.4, 0.5) is 23.7 Å². The Bertz CT molecular complexity index is 837. The van der Waals surface area contributed by atoms with E-state index in [4.69, 9.17) is 10.5 Å². The Morgan fingerprint density at radius 3 is 2.23 bits per heavy atom. The molecule has 1 aliphatic rings. The van der Waals surface area contributed by atoms with Crippen LogP contribution in [0.1, 0.15) is 11.1 Å². The van der Waals surface area contributed by atoms with Gasteiger partial charge in [0.1, 0.15) is 6.54 Å². The van der Waals surface area contributed by atoms with Gasteiger partial charge in [0.25, 0.3) is 5.91 Å². The Labute approximate surface area is 144 Å². The van der Waals surface area contributed by atoms with E-state index in [2.05, 4.69) is 0 Å². The van der Waals surface area contributed by atoms with E-state index in [0.29, 0.717) is 15.9 Å². The highest BCUT2D eigenvalue weighted by Crippen LogP contribution is 2.37. The monoisotopic (exact) mass is 368 g/mol. The molecular weight excluding hydrogens is 357 g/mol. The lowest BCUT2D eigenvalue weighted by Crippen LogP contribution is -2.55. The summed E-state index contributed by atoms with van der Waals surface area (Å²) in [6.07, 6.45) is -4.91. The summed E-state index contributed by atoms with van der Waals surface area (Å²) in [7, 11) is 0. The fraction of sp³-hybridized carbons (Fsp3) is 0.333. The minimum absolute atomic E-state index is 0.334. The molecule has 0 unspecified atom stereocenters. The topological polar surface area (TPSA) is 129 Å². The fourth-order valence-electron chi connectivity index (χ4n) is 2.59. The number of nitrogens with zero attached hydrogens (tertiary/aromatic N) is 4. The summed E-state index contributed by atoms with van der Waals surface area (Å²) in [4.78, 5) is 26.0. The average Bonchev–Trinajstić information content (AvgIpc) is 2.81. The van der Waals surface area contributed by atoms with Crippen molar-refractivity contribution >= 4 is 17.6 Å². The molecule has 1 heterocycles. The highest BCUT2D eigenvalue weighted by molar-refractivity contribution is 6.23. The maximum atomic E-state index is 13.1. The van der Waals surface area contributed by atoms with E-state index in [1.807, 2.05) is 0 Å². The van der Waals surface area contributed by atoms with E-state index in [0.717, 1.165) is 12.1 Å². The first-order valence-electron chi connectivity index (χ1n) is 7.04. The normalized spacial score (nSPS) is 16.6. The second kappa shape index (κ2) is 6.63. The van der Waals surface area contributed by atoms with Crippen molar-refractivity contribution in [3.8, 4) is 12.1 Å². The molecule has 0 aromatic heterocycles. The summed E-state index contributed by atoms with van der Waals surface area (Å²) >= 11 is 0. The smallest absolute Gasteiger partial charge is 0.393 e. The molecular formula is C15H11F3N4O4. The first-order chi connectivity index (χ1) is 12.2. The molecule has 11 heteroatoms. The van der Waals surface area contributed by atoms with Gasteiger partial charge in [0, 0.05) is 0 Å². The molecule has 1 aromatic rings. The summed E-state index contributed by atoms with van der Waals surface area (Å²) in [5.74, 6) is -1.18. The van der Waals surface area contributed by atoms with Gasteiger partial charge in [-0.2, -0.15) is 23.7 Å². The number of nitriles is 2. The predicted octanol–water partition coefficient (Wildman–Crippen LogP) is 0.593. The second-order valence-corrected chi connectivity index (χ2v) is 5.35. The van der Waals surface area contributed by atoms with Crippen LogP contribution in [0.3, 0.4) is 0 Å². The molecule has 2 rings (SSSR count). The van der Waals surface area contributed by atoms with Crippen molar-refractivity contribution in [1.82, 2.24) is 4.90 Å². The average molecular weight is 368 g/mol. The number of aliphatic hydroxyl groups is 2. The van der Waals surface area contributed by atoms with Crippen molar-refractivity contribution in [2.75, 3.05) is 24.7 Å². The van der Waals surface area contributed by atoms with Crippen LogP contribution in [0.5, 0.6) is 0 Å². The number of carbonyl (C=O) groups excluding carboxylic acids is 2. The van der Waals surface area contributed by atoms with Gasteiger partial charge in [-0.1, -0.05) is 0 Å². The number of carbonyl (C=O) groups is 2. The van der Waals surface area contributed by atoms with Gasteiger partial charge in [-0.15, -0.1) is 0 Å². The molecule has 3 amide bonds. The number of anilines is 1. The number of amides is 3. The number of alkyl halides is 3. The molecule has 1 aromatic carbocycles. The van der Waals surface area contributed by atoms with Crippen LogP contribution in [-0.2, 0) is 11.0 Å². The highest BCUT2D eigenvalue weighted by Gasteiger charge is 2.57. The van der Waals surface area contributed by atoms with Gasteiger partial charge in [0.15, 0.2) is 5.54 Å². The Morgan fingerprint density at radius 2 is 1.77 bits per heavy atom. The number of rotatable bonds is 4. The molecule has 0 radical (unpaired) electrons. The van der Waals surface area contributed by atoms with Gasteiger partial charge < -0.3 is 10.2 Å². The zero-order valence-corrected chi connectivity index (χ0v) is 13.0. The molecule has 8 nitrogen and oxygen atoms in total. The minimum Gasteiger partial charge on any atom is -0.393 e. The molecule has 0 saturated carbocycles. The van der Waals surface area contributed by atoms with Crippen molar-refractivity contribution in [3.63, 3.8) is 0 Å². The van der Waals surface area contributed by atoms with E-state index in [1.54, 1.807) is 6.07 Å². The molecule has 0 atom stereocenters. The Balaban J connectivity index is 2.63. The molecule has 1 fully saturated rings. The molecule has 1 aliphatic heterocycles. The third kappa shape index (κ3) is 2.73. The first-order valence-corrected chi connectivity index (χ1v) is 7.04. The predicted molar refractivity (Wildman–Crippen MR) is 78.3 cm³/mol. The van der Waals surface area contributed by atoms with E-state index in [1.165, 1.54) is 6.07 Å². The van der Waals surface area contributed by atoms with E-state index in [9.17, 15) is 33.0 Å². The number of urea groups is 1. The maximum absolute atomic E-state index is 13.1. The molecule has 136 valence electrons. The lowest BCUT2D eigenvalue weighted by atomic mass is 10.00. The van der Waals surface area contributed by atoms with Crippen LogP contribution in [0.25, 0.3) is 0 Å². The summed E-state index contributed by atoms with van der Waals surface area (Å²) in [5, 5.41) is 36.6. The highest BCUT2D eigenvalue weighted by atomic mass is 19.4. The van der Waals surface area contributed by atoms with E-state index < -0.39 is 60.2 Å². The minimum atomic E-state index is -4.91. The number of aliphatic hydroxyl groups excluding tert-OH is 2. The lowest BCUT2D eigenvalue weighted by molar-refractivity contribution is -0.138. The van der Waals surface area contributed by atoms with Gasteiger partial charge in [0.2, 0.25) is 0 Å². The zero-order valence-electron chi connectivity index (χ0n) is 13.0. The zero-order chi connectivity index (χ0) is 19.7. The third-order valence-corrected chi connectivity index (χ3v) is 3.98. The molecule has 0 spiro atoms. The van der Waals surface area contributed by atoms with Gasteiger partial charge in [0.05, 0.1) is 42.2 Å². The van der Waals surface area contributed by atoms with Gasteiger partial charge in [-0.25, -0.2) is 9.69 Å². The van der Waals surface area contributed by atoms with Crippen LogP contribution in [0.2, 0.25) is 0 Å². The van der Waals surface area contributed by atoms with Gasteiger partial charge in [-0.3, -0.25) is 9.69 Å². The Hall–Kier alpha value is -3.15. The fourth-order valence-corrected chi connectivity index (χ4v) is 2.59. The largest absolute Gasteiger partial charge is 0.417 e. The summed E-state index contributed by atoms with van der Waals surface area (Å²) in [5.41, 5.74) is -4.72.